The molecule has 208 valence electrons. The Hall–Kier alpha value is -5.95. The van der Waals surface area contributed by atoms with E-state index in [-0.39, 0.29) is 20.9 Å². The van der Waals surface area contributed by atoms with Crippen molar-refractivity contribution in [3.05, 3.63) is 154 Å². The summed E-state index contributed by atoms with van der Waals surface area (Å²) >= 11 is 0. The van der Waals surface area contributed by atoms with E-state index in [4.69, 9.17) is 0 Å². The molecule has 0 amide bonds. The van der Waals surface area contributed by atoms with E-state index in [1.807, 2.05) is 91.0 Å². The zero-order valence-corrected chi connectivity index (χ0v) is 24.2. The van der Waals surface area contributed by atoms with Gasteiger partial charge in [0.05, 0.1) is 21.2 Å². The number of benzene rings is 5. The molecular formula is C38H23N3O2S. The fourth-order valence-corrected chi connectivity index (χ4v) is 7.53. The van der Waals surface area contributed by atoms with Crippen LogP contribution in [-0.2, 0) is 9.84 Å². The minimum Gasteiger partial charge on any atom is -0.309 e. The first-order valence-electron chi connectivity index (χ1n) is 14.0. The summed E-state index contributed by atoms with van der Waals surface area (Å²) in [7, 11) is -3.99. The second-order valence-electron chi connectivity index (χ2n) is 10.4. The van der Waals surface area contributed by atoms with Gasteiger partial charge in [-0.1, -0.05) is 97.1 Å². The standard InChI is InChI=1S/C38H23N3O2S/c39-24-31(25-40)38-33-23-30(27-8-2-1-3-9-27)18-21-36(33)44(42,43)37(38)22-26-14-19-32(20-15-26)41-34-12-6-4-10-28(34)16-17-29-11-5-7-13-35(29)41/h1-23H. The Morgan fingerprint density at radius 2 is 1.25 bits per heavy atom. The average molecular weight is 586 g/mol. The van der Waals surface area contributed by atoms with Crippen LogP contribution in [0.2, 0.25) is 0 Å². The lowest BCUT2D eigenvalue weighted by atomic mass is 9.95. The molecule has 5 aromatic carbocycles. The highest BCUT2D eigenvalue weighted by Crippen LogP contribution is 2.47. The van der Waals surface area contributed by atoms with Gasteiger partial charge in [-0.25, -0.2) is 8.42 Å². The number of anilines is 3. The summed E-state index contributed by atoms with van der Waals surface area (Å²) in [5.41, 5.74) is 7.70. The molecule has 0 saturated heterocycles. The Balaban J connectivity index is 1.34. The van der Waals surface area contributed by atoms with Crippen molar-refractivity contribution in [2.75, 3.05) is 4.90 Å². The van der Waals surface area contributed by atoms with Crippen LogP contribution in [0.5, 0.6) is 0 Å². The van der Waals surface area contributed by atoms with Gasteiger partial charge in [0.1, 0.15) is 17.7 Å². The molecule has 2 heterocycles. The van der Waals surface area contributed by atoms with E-state index in [0.717, 1.165) is 39.3 Å². The van der Waals surface area contributed by atoms with Gasteiger partial charge >= 0.3 is 0 Å². The van der Waals surface area contributed by atoms with Crippen molar-refractivity contribution in [3.63, 3.8) is 0 Å². The first-order chi connectivity index (χ1) is 21.5. The quantitative estimate of drug-likeness (QED) is 0.194. The Morgan fingerprint density at radius 1 is 0.659 bits per heavy atom. The number of hydrogen-bond donors (Lipinski definition) is 0. The lowest BCUT2D eigenvalue weighted by Crippen LogP contribution is -2.11. The summed E-state index contributed by atoms with van der Waals surface area (Å²) in [5.74, 6) is 0. The first-order valence-corrected chi connectivity index (χ1v) is 15.5. The molecule has 0 spiro atoms. The third kappa shape index (κ3) is 4.42. The third-order valence-corrected chi connectivity index (χ3v) is 9.74. The Bertz CT molecular complexity index is 2180. The van der Waals surface area contributed by atoms with Crippen molar-refractivity contribution in [2.45, 2.75) is 4.90 Å². The fourth-order valence-electron chi connectivity index (χ4n) is 5.82. The van der Waals surface area contributed by atoms with E-state index in [2.05, 4.69) is 41.3 Å². The number of rotatable bonds is 3. The van der Waals surface area contributed by atoms with Crippen molar-refractivity contribution in [2.24, 2.45) is 0 Å². The fraction of sp³-hybridized carbons (Fsp3) is 0. The normalized spacial score (nSPS) is 15.0. The van der Waals surface area contributed by atoms with Crippen LogP contribution in [0.15, 0.2) is 137 Å². The van der Waals surface area contributed by atoms with E-state index < -0.39 is 9.84 Å². The first kappa shape index (κ1) is 26.9. The third-order valence-electron chi connectivity index (χ3n) is 7.90. The highest BCUT2D eigenvalue weighted by atomic mass is 32.2. The van der Waals surface area contributed by atoms with E-state index in [0.29, 0.717) is 11.1 Å². The molecule has 0 unspecified atom stereocenters. The Morgan fingerprint density at radius 3 is 1.86 bits per heavy atom. The second-order valence-corrected chi connectivity index (χ2v) is 12.3. The van der Waals surface area contributed by atoms with Gasteiger partial charge in [-0.15, -0.1) is 0 Å². The van der Waals surface area contributed by atoms with Crippen LogP contribution in [0, 0.1) is 22.7 Å². The minimum absolute atomic E-state index is 0.0572. The molecule has 0 N–H and O–H groups in total. The van der Waals surface area contributed by atoms with Crippen molar-refractivity contribution < 1.29 is 8.42 Å². The van der Waals surface area contributed by atoms with E-state index in [1.54, 1.807) is 24.3 Å². The summed E-state index contributed by atoms with van der Waals surface area (Å²) in [5, 5.41) is 19.7. The summed E-state index contributed by atoms with van der Waals surface area (Å²) in [4.78, 5) is 2.21. The topological polar surface area (TPSA) is 85.0 Å². The number of nitrogens with zero attached hydrogens (tertiary/aromatic N) is 3. The molecule has 0 radical (unpaired) electrons. The van der Waals surface area contributed by atoms with Crippen LogP contribution in [0.4, 0.5) is 17.1 Å². The van der Waals surface area contributed by atoms with Gasteiger partial charge in [0.15, 0.2) is 0 Å². The predicted molar refractivity (Wildman–Crippen MR) is 175 cm³/mol. The van der Waals surface area contributed by atoms with Crippen LogP contribution >= 0.6 is 0 Å². The zero-order valence-electron chi connectivity index (χ0n) is 23.3. The van der Waals surface area contributed by atoms with Gasteiger partial charge < -0.3 is 4.90 Å². The average Bonchev–Trinajstić information content (AvgIpc) is 3.17. The summed E-state index contributed by atoms with van der Waals surface area (Å²) in [6.45, 7) is 0. The van der Waals surface area contributed by atoms with Crippen molar-refractivity contribution in [1.29, 1.82) is 10.5 Å². The van der Waals surface area contributed by atoms with Gasteiger partial charge in [0, 0.05) is 16.8 Å². The van der Waals surface area contributed by atoms with Gasteiger partial charge in [0.2, 0.25) is 9.84 Å². The van der Waals surface area contributed by atoms with Crippen molar-refractivity contribution >= 4 is 50.7 Å². The number of para-hydroxylation sites is 2. The number of allylic oxidation sites excluding steroid dienone is 2. The Labute approximate surface area is 256 Å². The summed E-state index contributed by atoms with van der Waals surface area (Å²) < 4.78 is 27.7. The van der Waals surface area contributed by atoms with Crippen LogP contribution in [0.3, 0.4) is 0 Å². The molecule has 0 aliphatic carbocycles. The molecule has 44 heavy (non-hydrogen) atoms. The van der Waals surface area contributed by atoms with Crippen LogP contribution in [-0.4, -0.2) is 8.42 Å². The Kier molecular flexibility index (Phi) is 6.55. The maximum absolute atomic E-state index is 13.9. The molecule has 0 bridgehead atoms. The molecule has 5 aromatic rings. The van der Waals surface area contributed by atoms with Crippen molar-refractivity contribution in [1.82, 2.24) is 0 Å². The van der Waals surface area contributed by atoms with Crippen LogP contribution in [0.25, 0.3) is 34.9 Å². The van der Waals surface area contributed by atoms with Gasteiger partial charge in [-0.05, 0) is 70.3 Å². The molecule has 2 aliphatic heterocycles. The van der Waals surface area contributed by atoms with Gasteiger partial charge in [-0.2, -0.15) is 10.5 Å². The zero-order chi connectivity index (χ0) is 30.3. The molecule has 0 atom stereocenters. The van der Waals surface area contributed by atoms with Crippen molar-refractivity contribution in [3.8, 4) is 23.3 Å². The molecule has 0 saturated carbocycles. The van der Waals surface area contributed by atoms with Crippen LogP contribution < -0.4 is 4.90 Å². The molecule has 0 aromatic heterocycles. The van der Waals surface area contributed by atoms with E-state index >= 15 is 0 Å². The molecule has 6 heteroatoms. The largest absolute Gasteiger partial charge is 0.309 e. The minimum atomic E-state index is -3.99. The number of hydrogen-bond acceptors (Lipinski definition) is 5. The van der Waals surface area contributed by atoms with E-state index in [1.165, 1.54) is 0 Å². The number of sulfone groups is 1. The van der Waals surface area contributed by atoms with E-state index in [9.17, 15) is 18.9 Å². The SMILES string of the molecule is N#CC(C#N)=C1C(=Cc2ccc(N3c4ccccc4C=Cc4ccccc43)cc2)S(=O)(=O)c2ccc(-c3ccccc3)cc21. The van der Waals surface area contributed by atoms with Gasteiger partial charge in [-0.3, -0.25) is 0 Å². The number of fused-ring (bicyclic) bond motifs is 3. The maximum atomic E-state index is 13.9. The molecule has 2 aliphatic rings. The smallest absolute Gasteiger partial charge is 0.207 e. The predicted octanol–water partition coefficient (Wildman–Crippen LogP) is 8.94. The number of nitriles is 2. The van der Waals surface area contributed by atoms with Gasteiger partial charge in [0.25, 0.3) is 0 Å². The highest BCUT2D eigenvalue weighted by Gasteiger charge is 2.38. The maximum Gasteiger partial charge on any atom is 0.207 e. The molecule has 5 nitrogen and oxygen atoms in total. The lowest BCUT2D eigenvalue weighted by Gasteiger charge is -2.27. The summed E-state index contributed by atoms with van der Waals surface area (Å²) in [6.07, 6.45) is 5.76. The second kappa shape index (κ2) is 10.7. The monoisotopic (exact) mass is 585 g/mol. The molecular weight excluding hydrogens is 563 g/mol. The highest BCUT2D eigenvalue weighted by molar-refractivity contribution is 7.96. The molecule has 7 rings (SSSR count). The lowest BCUT2D eigenvalue weighted by molar-refractivity contribution is 0.604. The summed E-state index contributed by atoms with van der Waals surface area (Å²) in [6, 6.07) is 42.4. The van der Waals surface area contributed by atoms with Crippen LogP contribution in [0.1, 0.15) is 22.3 Å². The molecule has 0 fully saturated rings.